The predicted octanol–water partition coefficient (Wildman–Crippen LogP) is 6.68. The molecule has 0 aromatic heterocycles. The minimum atomic E-state index is -0.899. The third-order valence-electron chi connectivity index (χ3n) is 6.98. The quantitative estimate of drug-likeness (QED) is 0.0937. The third kappa shape index (κ3) is 34.7. The second-order valence-corrected chi connectivity index (χ2v) is 10.3. The van der Waals surface area contributed by atoms with Crippen LogP contribution >= 0.6 is 0 Å². The summed E-state index contributed by atoms with van der Waals surface area (Å²) in [5, 5.41) is 10.3. The molecule has 0 aliphatic heterocycles. The van der Waals surface area contributed by atoms with Crippen molar-refractivity contribution in [1.29, 1.82) is 0 Å². The number of carbonyl (C=O) groups is 1. The van der Waals surface area contributed by atoms with Gasteiger partial charge in [-0.3, -0.25) is 0 Å². The van der Waals surface area contributed by atoms with Gasteiger partial charge in [-0.15, -0.1) is 0 Å². The maximum absolute atomic E-state index is 10.3. The topological polar surface area (TPSA) is 40.1 Å². The van der Waals surface area contributed by atoms with Crippen molar-refractivity contribution in [3.8, 4) is 0 Å². The van der Waals surface area contributed by atoms with E-state index in [4.69, 9.17) is 0 Å². The Bertz CT molecular complexity index is 359. The predicted molar refractivity (Wildman–Crippen MR) is 140 cm³/mol. The molecule has 0 radical (unpaired) electrons. The van der Waals surface area contributed by atoms with E-state index in [1.165, 1.54) is 161 Å². The van der Waals surface area contributed by atoms with Gasteiger partial charge >= 0.3 is 29.6 Å². The largest absolute Gasteiger partial charge is 1.00 e. The molecule has 0 saturated carbocycles. The van der Waals surface area contributed by atoms with E-state index in [1.54, 1.807) is 0 Å². The van der Waals surface area contributed by atoms with Crippen LogP contribution in [-0.4, -0.2) is 5.97 Å². The Kier molecular flexibility index (Phi) is 35.1. The van der Waals surface area contributed by atoms with Gasteiger partial charge < -0.3 is 9.90 Å². The fourth-order valence-electron chi connectivity index (χ4n) is 4.76. The number of hydrogen-bond acceptors (Lipinski definition) is 2. The Labute approximate surface area is 231 Å². The van der Waals surface area contributed by atoms with E-state index in [9.17, 15) is 9.90 Å². The van der Waals surface area contributed by atoms with Crippen LogP contribution in [0.2, 0.25) is 0 Å². The summed E-state index contributed by atoms with van der Waals surface area (Å²) in [6.45, 7) is 2.30. The summed E-state index contributed by atoms with van der Waals surface area (Å²) in [4.78, 5) is 10.3. The zero-order valence-electron chi connectivity index (χ0n) is 23.1. The van der Waals surface area contributed by atoms with Crippen molar-refractivity contribution in [2.45, 2.75) is 187 Å². The second-order valence-electron chi connectivity index (χ2n) is 10.3. The summed E-state index contributed by atoms with van der Waals surface area (Å²) < 4.78 is 0. The standard InChI is InChI=1S/C30H60O2.Na/c1-2-3-4-5-6-7-8-9-10-11-12-13-14-15-16-17-18-19-20-21-22-23-24-25-26-27-28-29-30(31)32;/h2-29H2,1H3,(H,31,32);/q;+1/p-1. The van der Waals surface area contributed by atoms with Crippen LogP contribution < -0.4 is 34.7 Å². The molecule has 0 N–H and O–H groups in total. The van der Waals surface area contributed by atoms with E-state index in [1.807, 2.05) is 0 Å². The van der Waals surface area contributed by atoms with Crippen LogP contribution in [-0.2, 0) is 4.79 Å². The van der Waals surface area contributed by atoms with Gasteiger partial charge in [-0.1, -0.05) is 174 Å². The molecule has 0 rings (SSSR count). The molecule has 2 nitrogen and oxygen atoms in total. The fourth-order valence-corrected chi connectivity index (χ4v) is 4.76. The maximum atomic E-state index is 10.3. The summed E-state index contributed by atoms with van der Waals surface area (Å²) in [6.07, 6.45) is 37.6. The van der Waals surface area contributed by atoms with Crippen molar-refractivity contribution < 1.29 is 39.5 Å². The van der Waals surface area contributed by atoms with Crippen LogP contribution in [0.5, 0.6) is 0 Å². The van der Waals surface area contributed by atoms with Gasteiger partial charge in [-0.05, 0) is 12.8 Å². The monoisotopic (exact) mass is 474 g/mol. The molecule has 0 unspecified atom stereocenters. The van der Waals surface area contributed by atoms with Gasteiger partial charge in [-0.25, -0.2) is 0 Å². The summed E-state index contributed by atoms with van der Waals surface area (Å²) >= 11 is 0. The van der Waals surface area contributed by atoms with Crippen LogP contribution in [0.25, 0.3) is 0 Å². The fraction of sp³-hybridized carbons (Fsp3) is 0.967. The summed E-state index contributed by atoms with van der Waals surface area (Å²) in [7, 11) is 0. The van der Waals surface area contributed by atoms with Gasteiger partial charge in [0.1, 0.15) is 0 Å². The number of carboxylic acids is 1. The molecule has 33 heavy (non-hydrogen) atoms. The normalized spacial score (nSPS) is 10.9. The number of carbonyl (C=O) groups excluding carboxylic acids is 1. The van der Waals surface area contributed by atoms with Crippen LogP contribution in [0.4, 0.5) is 0 Å². The van der Waals surface area contributed by atoms with Crippen molar-refractivity contribution in [2.75, 3.05) is 0 Å². The smallest absolute Gasteiger partial charge is 0.550 e. The van der Waals surface area contributed by atoms with Gasteiger partial charge in [0.25, 0.3) is 0 Å². The molecular formula is C30H59NaO2. The van der Waals surface area contributed by atoms with E-state index in [2.05, 4.69) is 6.92 Å². The van der Waals surface area contributed by atoms with E-state index in [-0.39, 0.29) is 36.0 Å². The van der Waals surface area contributed by atoms with Crippen molar-refractivity contribution in [2.24, 2.45) is 0 Å². The summed E-state index contributed by atoms with van der Waals surface area (Å²) in [5.74, 6) is -0.899. The molecule has 0 heterocycles. The Hall–Kier alpha value is 0.470. The molecule has 192 valence electrons. The molecule has 0 saturated heterocycles. The van der Waals surface area contributed by atoms with Crippen molar-refractivity contribution in [1.82, 2.24) is 0 Å². The van der Waals surface area contributed by atoms with Gasteiger partial charge in [0.05, 0.1) is 0 Å². The molecule has 0 bridgehead atoms. The van der Waals surface area contributed by atoms with E-state index in [0.717, 1.165) is 12.8 Å². The minimum Gasteiger partial charge on any atom is -0.550 e. The first-order chi connectivity index (χ1) is 15.8. The van der Waals surface area contributed by atoms with Crippen molar-refractivity contribution in [3.63, 3.8) is 0 Å². The number of carboxylic acid groups (broad SMARTS) is 1. The SMILES string of the molecule is CCCCCCCCCCCCCCCCCCCCCCCCCCCCCC(=O)[O-].[Na+]. The molecule has 0 aromatic carbocycles. The minimum absolute atomic E-state index is 0. The molecule has 0 fully saturated rings. The van der Waals surface area contributed by atoms with Gasteiger partial charge in [-0.2, -0.15) is 0 Å². The third-order valence-corrected chi connectivity index (χ3v) is 6.98. The molecular weight excluding hydrogens is 415 g/mol. The molecule has 3 heteroatoms. The number of aliphatic carboxylic acids is 1. The van der Waals surface area contributed by atoms with Gasteiger partial charge in [0.15, 0.2) is 0 Å². The number of hydrogen-bond donors (Lipinski definition) is 0. The molecule has 0 amide bonds. The first-order valence-electron chi connectivity index (χ1n) is 15.0. The molecule has 0 aromatic rings. The Morgan fingerprint density at radius 2 is 0.576 bits per heavy atom. The second kappa shape index (κ2) is 32.5. The van der Waals surface area contributed by atoms with E-state index in [0.29, 0.717) is 0 Å². The molecule has 0 spiro atoms. The Morgan fingerprint density at radius 3 is 0.758 bits per heavy atom. The van der Waals surface area contributed by atoms with Crippen LogP contribution in [0.3, 0.4) is 0 Å². The number of rotatable bonds is 28. The summed E-state index contributed by atoms with van der Waals surface area (Å²) in [6, 6.07) is 0. The summed E-state index contributed by atoms with van der Waals surface area (Å²) in [5.41, 5.74) is 0. The van der Waals surface area contributed by atoms with Crippen LogP contribution in [0.15, 0.2) is 0 Å². The Morgan fingerprint density at radius 1 is 0.394 bits per heavy atom. The zero-order chi connectivity index (χ0) is 23.4. The van der Waals surface area contributed by atoms with Gasteiger partial charge in [0, 0.05) is 5.97 Å². The van der Waals surface area contributed by atoms with E-state index < -0.39 is 5.97 Å². The van der Waals surface area contributed by atoms with Crippen LogP contribution in [0, 0.1) is 0 Å². The van der Waals surface area contributed by atoms with Crippen molar-refractivity contribution >= 4 is 5.97 Å². The van der Waals surface area contributed by atoms with Crippen LogP contribution in [0.1, 0.15) is 187 Å². The average Bonchev–Trinajstić information content (AvgIpc) is 2.78. The zero-order valence-corrected chi connectivity index (χ0v) is 25.1. The maximum Gasteiger partial charge on any atom is 1.00 e. The number of unbranched alkanes of at least 4 members (excludes halogenated alkanes) is 26. The molecule has 0 atom stereocenters. The molecule has 0 aliphatic carbocycles. The van der Waals surface area contributed by atoms with E-state index >= 15 is 0 Å². The Balaban J connectivity index is 0. The molecule has 0 aliphatic rings. The first-order valence-corrected chi connectivity index (χ1v) is 15.0. The first kappa shape index (κ1) is 35.6. The van der Waals surface area contributed by atoms with Gasteiger partial charge in [0.2, 0.25) is 0 Å². The van der Waals surface area contributed by atoms with Crippen molar-refractivity contribution in [3.05, 3.63) is 0 Å². The average molecular weight is 475 g/mol.